The van der Waals surface area contributed by atoms with E-state index in [0.717, 1.165) is 30.8 Å². The van der Waals surface area contributed by atoms with Crippen molar-refractivity contribution in [2.75, 3.05) is 20.8 Å². The molecule has 1 aromatic heterocycles. The van der Waals surface area contributed by atoms with Gasteiger partial charge in [-0.25, -0.2) is 0 Å². The summed E-state index contributed by atoms with van der Waals surface area (Å²) in [7, 11) is 5.35. The van der Waals surface area contributed by atoms with Gasteiger partial charge in [0.15, 0.2) is 5.75 Å². The number of rotatable bonds is 8. The smallest absolute Gasteiger partial charge is 0.161 e. The van der Waals surface area contributed by atoms with E-state index in [-0.39, 0.29) is 12.1 Å². The molecule has 0 radical (unpaired) electrons. The third-order valence-electron chi connectivity index (χ3n) is 3.15. The van der Waals surface area contributed by atoms with E-state index in [1.165, 1.54) is 0 Å². The average molecular weight is 255 g/mol. The molecule has 0 bridgehead atoms. The van der Waals surface area contributed by atoms with Crippen LogP contribution >= 0.6 is 0 Å². The molecule has 104 valence electrons. The Balaban J connectivity index is 3.03. The van der Waals surface area contributed by atoms with Crippen LogP contribution < -0.4 is 10.1 Å². The highest BCUT2D eigenvalue weighted by Crippen LogP contribution is 2.28. The van der Waals surface area contributed by atoms with Gasteiger partial charge in [-0.05, 0) is 19.4 Å². The molecule has 0 aliphatic carbocycles. The van der Waals surface area contributed by atoms with Crippen LogP contribution in [0.1, 0.15) is 38.4 Å². The fourth-order valence-corrected chi connectivity index (χ4v) is 2.18. The van der Waals surface area contributed by atoms with Crippen LogP contribution in [-0.4, -0.2) is 36.6 Å². The summed E-state index contributed by atoms with van der Waals surface area (Å²) in [4.78, 5) is 0. The highest BCUT2D eigenvalue weighted by atomic mass is 16.5. The van der Waals surface area contributed by atoms with E-state index in [0.29, 0.717) is 0 Å². The van der Waals surface area contributed by atoms with Gasteiger partial charge in [0.2, 0.25) is 0 Å². The molecule has 18 heavy (non-hydrogen) atoms. The SMILES string of the molecule is CCCNC(c1c(OC)cnn1C)C(CC)OC. The molecule has 0 saturated heterocycles. The first-order chi connectivity index (χ1) is 8.69. The predicted molar refractivity (Wildman–Crippen MR) is 71.9 cm³/mol. The zero-order chi connectivity index (χ0) is 13.5. The summed E-state index contributed by atoms with van der Waals surface area (Å²) in [5, 5.41) is 7.79. The molecule has 5 nitrogen and oxygen atoms in total. The topological polar surface area (TPSA) is 48.3 Å². The van der Waals surface area contributed by atoms with Crippen LogP contribution in [0.25, 0.3) is 0 Å². The van der Waals surface area contributed by atoms with Gasteiger partial charge < -0.3 is 14.8 Å². The molecule has 1 rings (SSSR count). The molecular formula is C13H25N3O2. The summed E-state index contributed by atoms with van der Waals surface area (Å²) >= 11 is 0. The van der Waals surface area contributed by atoms with Crippen LogP contribution in [0.15, 0.2) is 6.20 Å². The summed E-state index contributed by atoms with van der Waals surface area (Å²) in [6.45, 7) is 5.22. The van der Waals surface area contributed by atoms with Crippen LogP contribution in [0.2, 0.25) is 0 Å². The first-order valence-electron chi connectivity index (χ1n) is 6.51. The quantitative estimate of drug-likeness (QED) is 0.770. The number of aryl methyl sites for hydroxylation is 1. The van der Waals surface area contributed by atoms with Gasteiger partial charge in [0.05, 0.1) is 31.1 Å². The molecule has 1 aromatic rings. The second-order valence-electron chi connectivity index (χ2n) is 4.34. The van der Waals surface area contributed by atoms with Gasteiger partial charge in [-0.1, -0.05) is 13.8 Å². The molecule has 0 aliphatic rings. The Kier molecular flexibility index (Phi) is 6.15. The van der Waals surface area contributed by atoms with Crippen molar-refractivity contribution in [3.63, 3.8) is 0 Å². The van der Waals surface area contributed by atoms with E-state index >= 15 is 0 Å². The number of nitrogens with one attached hydrogen (secondary N) is 1. The summed E-state index contributed by atoms with van der Waals surface area (Å²) in [6, 6.07) is 0.0994. The fourth-order valence-electron chi connectivity index (χ4n) is 2.18. The zero-order valence-corrected chi connectivity index (χ0v) is 12.1. The fraction of sp³-hybridized carbons (Fsp3) is 0.769. The van der Waals surface area contributed by atoms with Gasteiger partial charge in [0, 0.05) is 14.2 Å². The molecule has 0 fully saturated rings. The van der Waals surface area contributed by atoms with Crippen molar-refractivity contribution in [1.29, 1.82) is 0 Å². The molecule has 2 unspecified atom stereocenters. The van der Waals surface area contributed by atoms with Crippen LogP contribution in [-0.2, 0) is 11.8 Å². The Labute approximate surface area is 109 Å². The number of nitrogens with zero attached hydrogens (tertiary/aromatic N) is 2. The Hall–Kier alpha value is -1.07. The van der Waals surface area contributed by atoms with Crippen LogP contribution in [0.4, 0.5) is 0 Å². The first kappa shape index (κ1) is 15.0. The van der Waals surface area contributed by atoms with E-state index in [1.807, 2.05) is 11.7 Å². The maximum Gasteiger partial charge on any atom is 0.161 e. The second-order valence-corrected chi connectivity index (χ2v) is 4.34. The van der Waals surface area contributed by atoms with Gasteiger partial charge in [0.1, 0.15) is 0 Å². The average Bonchev–Trinajstić information content (AvgIpc) is 2.75. The Morgan fingerprint density at radius 2 is 2.11 bits per heavy atom. The Bertz CT molecular complexity index is 348. The highest BCUT2D eigenvalue weighted by Gasteiger charge is 2.27. The molecule has 1 N–H and O–H groups in total. The van der Waals surface area contributed by atoms with Crippen LogP contribution in [0, 0.1) is 0 Å². The molecule has 0 saturated carbocycles. The van der Waals surface area contributed by atoms with Crippen LogP contribution in [0.5, 0.6) is 5.75 Å². The molecule has 0 aromatic carbocycles. The van der Waals surface area contributed by atoms with Crippen molar-refractivity contribution in [1.82, 2.24) is 15.1 Å². The largest absolute Gasteiger partial charge is 0.493 e. The Morgan fingerprint density at radius 1 is 1.39 bits per heavy atom. The molecule has 0 aliphatic heterocycles. The number of hydrogen-bond acceptors (Lipinski definition) is 4. The van der Waals surface area contributed by atoms with Crippen molar-refractivity contribution in [3.05, 3.63) is 11.9 Å². The lowest BCUT2D eigenvalue weighted by Gasteiger charge is -2.27. The van der Waals surface area contributed by atoms with Gasteiger partial charge in [-0.2, -0.15) is 5.10 Å². The third kappa shape index (κ3) is 3.23. The van der Waals surface area contributed by atoms with E-state index in [4.69, 9.17) is 9.47 Å². The minimum Gasteiger partial charge on any atom is -0.493 e. The van der Waals surface area contributed by atoms with Gasteiger partial charge >= 0.3 is 0 Å². The molecule has 5 heteroatoms. The normalized spacial score (nSPS) is 14.5. The molecule has 0 amide bonds. The minimum absolute atomic E-state index is 0.0994. The minimum atomic E-state index is 0.0994. The van der Waals surface area contributed by atoms with Crippen molar-refractivity contribution >= 4 is 0 Å². The van der Waals surface area contributed by atoms with E-state index in [2.05, 4.69) is 24.3 Å². The van der Waals surface area contributed by atoms with Gasteiger partial charge in [-0.15, -0.1) is 0 Å². The molecular weight excluding hydrogens is 230 g/mol. The summed E-state index contributed by atoms with van der Waals surface area (Å²) in [6.07, 6.45) is 3.88. The lowest BCUT2D eigenvalue weighted by Crippen LogP contribution is -2.35. The van der Waals surface area contributed by atoms with Crippen molar-refractivity contribution < 1.29 is 9.47 Å². The number of aromatic nitrogens is 2. The lowest BCUT2D eigenvalue weighted by atomic mass is 10.0. The molecule has 0 spiro atoms. The van der Waals surface area contributed by atoms with Crippen LogP contribution in [0.3, 0.4) is 0 Å². The zero-order valence-electron chi connectivity index (χ0n) is 12.1. The van der Waals surface area contributed by atoms with E-state index < -0.39 is 0 Å². The van der Waals surface area contributed by atoms with Crippen molar-refractivity contribution in [2.24, 2.45) is 7.05 Å². The summed E-state index contributed by atoms with van der Waals surface area (Å²) in [5.74, 6) is 0.807. The lowest BCUT2D eigenvalue weighted by molar-refractivity contribution is 0.0617. The first-order valence-corrected chi connectivity index (χ1v) is 6.51. The summed E-state index contributed by atoms with van der Waals surface area (Å²) < 4.78 is 12.8. The third-order valence-corrected chi connectivity index (χ3v) is 3.15. The maximum atomic E-state index is 5.58. The Morgan fingerprint density at radius 3 is 2.61 bits per heavy atom. The summed E-state index contributed by atoms with van der Waals surface area (Å²) in [5.41, 5.74) is 1.04. The monoisotopic (exact) mass is 255 g/mol. The van der Waals surface area contributed by atoms with E-state index in [1.54, 1.807) is 20.4 Å². The maximum absolute atomic E-state index is 5.58. The highest BCUT2D eigenvalue weighted by molar-refractivity contribution is 5.29. The van der Waals surface area contributed by atoms with Gasteiger partial charge in [-0.3, -0.25) is 4.68 Å². The number of hydrogen-bond donors (Lipinski definition) is 1. The molecule has 2 atom stereocenters. The van der Waals surface area contributed by atoms with Crippen molar-refractivity contribution in [3.8, 4) is 5.75 Å². The second kappa shape index (κ2) is 7.38. The number of methoxy groups -OCH3 is 2. The van der Waals surface area contributed by atoms with Gasteiger partial charge in [0.25, 0.3) is 0 Å². The number of ether oxygens (including phenoxy) is 2. The standard InChI is InChI=1S/C13H25N3O2/c1-6-8-14-12(10(7-2)17-4)13-11(18-5)9-15-16(13)3/h9-10,12,14H,6-8H2,1-5H3. The predicted octanol–water partition coefficient (Wildman–Crippen LogP) is 1.89. The molecule has 1 heterocycles. The van der Waals surface area contributed by atoms with E-state index in [9.17, 15) is 0 Å². The van der Waals surface area contributed by atoms with Crippen molar-refractivity contribution in [2.45, 2.75) is 38.8 Å².